The molecule has 184 valence electrons. The minimum Gasteiger partial charge on any atom is -0.494 e. The summed E-state index contributed by atoms with van der Waals surface area (Å²) in [6.07, 6.45) is 4.05. The highest BCUT2D eigenvalue weighted by Crippen LogP contribution is 2.43. The number of hydrogen-bond donors (Lipinski definition) is 2. The highest BCUT2D eigenvalue weighted by molar-refractivity contribution is 9.10. The fourth-order valence-corrected chi connectivity index (χ4v) is 5.26. The van der Waals surface area contributed by atoms with Crippen molar-refractivity contribution in [3.8, 4) is 17.2 Å². The van der Waals surface area contributed by atoms with E-state index in [1.165, 1.54) is 4.90 Å². The van der Waals surface area contributed by atoms with Crippen LogP contribution >= 0.6 is 15.9 Å². The van der Waals surface area contributed by atoms with Crippen LogP contribution in [0, 0.1) is 5.41 Å². The first kappa shape index (κ1) is 23.3. The second kappa shape index (κ2) is 8.67. The van der Waals surface area contributed by atoms with Crippen molar-refractivity contribution < 1.29 is 19.1 Å². The maximum absolute atomic E-state index is 12.3. The summed E-state index contributed by atoms with van der Waals surface area (Å²) in [5.41, 5.74) is 1.41. The molecule has 1 saturated carbocycles. The largest absolute Gasteiger partial charge is 0.494 e. The van der Waals surface area contributed by atoms with Crippen LogP contribution in [0.3, 0.4) is 0 Å². The first-order valence-corrected chi connectivity index (χ1v) is 12.0. The summed E-state index contributed by atoms with van der Waals surface area (Å²) < 4.78 is 13.5. The number of carbonyl (C=O) groups excluding carboxylic acids is 2. The molecule has 3 heterocycles. The highest BCUT2D eigenvalue weighted by atomic mass is 79.9. The van der Waals surface area contributed by atoms with Gasteiger partial charge in [-0.15, -0.1) is 0 Å². The Morgan fingerprint density at radius 2 is 2.17 bits per heavy atom. The van der Waals surface area contributed by atoms with E-state index in [-0.39, 0.29) is 24.5 Å². The Balaban J connectivity index is 1.50. The zero-order valence-electron chi connectivity index (χ0n) is 19.9. The molecule has 0 unspecified atom stereocenters. The van der Waals surface area contributed by atoms with Gasteiger partial charge < -0.3 is 25.0 Å². The van der Waals surface area contributed by atoms with Crippen molar-refractivity contribution in [1.82, 2.24) is 25.1 Å². The Kier molecular flexibility index (Phi) is 5.78. The van der Waals surface area contributed by atoms with Crippen LogP contribution in [0.5, 0.6) is 11.5 Å². The second-order valence-corrected chi connectivity index (χ2v) is 9.84. The molecule has 1 aromatic carbocycles. The van der Waals surface area contributed by atoms with Gasteiger partial charge in [0.25, 0.3) is 5.91 Å². The average Bonchev–Trinajstić information content (AvgIpc) is 3.40. The Morgan fingerprint density at radius 1 is 1.37 bits per heavy atom. The zero-order valence-corrected chi connectivity index (χ0v) is 21.5. The standard InChI is InChI=1S/C23H26BrN7O4/c1-23(21(33)25-2)6-5-12(9-23)27-22-26-10-14-19(24)29-31(20(14)28-22)13-7-15(34-4)18-16(8-13)35-11-17(32)30(18)3/h7-8,10,12H,5-6,9,11H2,1-4H3,(H,25,33)(H,26,27,28)/t12-,23-/m1/s1. The van der Waals surface area contributed by atoms with Gasteiger partial charge in [-0.3, -0.25) is 9.59 Å². The molecule has 0 saturated heterocycles. The maximum Gasteiger partial charge on any atom is 0.264 e. The lowest BCUT2D eigenvalue weighted by Gasteiger charge is -2.28. The van der Waals surface area contributed by atoms with E-state index in [2.05, 4.69) is 36.6 Å². The Bertz CT molecular complexity index is 1330. The molecule has 12 heteroatoms. The van der Waals surface area contributed by atoms with E-state index in [9.17, 15) is 9.59 Å². The number of rotatable bonds is 5. The molecule has 0 spiro atoms. The fraction of sp³-hybridized carbons (Fsp3) is 0.435. The molecule has 3 aromatic rings. The van der Waals surface area contributed by atoms with Gasteiger partial charge in [-0.05, 0) is 35.2 Å². The Morgan fingerprint density at radius 3 is 2.91 bits per heavy atom. The lowest BCUT2D eigenvalue weighted by atomic mass is 9.87. The Hall–Kier alpha value is -3.41. The summed E-state index contributed by atoms with van der Waals surface area (Å²) in [4.78, 5) is 35.1. The van der Waals surface area contributed by atoms with Crippen LogP contribution < -0.4 is 25.0 Å². The number of amides is 2. The zero-order chi connectivity index (χ0) is 24.9. The molecule has 0 bridgehead atoms. The van der Waals surface area contributed by atoms with Crippen molar-refractivity contribution in [3.63, 3.8) is 0 Å². The van der Waals surface area contributed by atoms with Crippen molar-refractivity contribution in [2.24, 2.45) is 5.41 Å². The number of likely N-dealkylation sites (N-methyl/N-ethyl adjacent to an activating group) is 1. The van der Waals surface area contributed by atoms with E-state index >= 15 is 0 Å². The topological polar surface area (TPSA) is 124 Å². The third-order valence-corrected chi connectivity index (χ3v) is 7.36. The second-order valence-electron chi connectivity index (χ2n) is 9.09. The summed E-state index contributed by atoms with van der Waals surface area (Å²) in [6, 6.07) is 3.68. The molecule has 0 radical (unpaired) electrons. The molecule has 2 atom stereocenters. The molecule has 1 aliphatic carbocycles. The number of hydrogen-bond acceptors (Lipinski definition) is 8. The molecule has 2 aromatic heterocycles. The number of fused-ring (bicyclic) bond motifs is 2. The summed E-state index contributed by atoms with van der Waals surface area (Å²) in [7, 11) is 4.90. The molecule has 2 amide bonds. The maximum atomic E-state index is 12.3. The lowest BCUT2D eigenvalue weighted by molar-refractivity contribution is -0.129. The SMILES string of the molecule is CNC(=O)[C@]1(C)CC[C@@H](Nc2ncc3c(Br)nn(-c4cc(OC)c5c(c4)OCC(=O)N5C)c3n2)C1. The van der Waals surface area contributed by atoms with Crippen molar-refractivity contribution >= 4 is 50.4 Å². The van der Waals surface area contributed by atoms with Gasteiger partial charge in [-0.25, -0.2) is 9.67 Å². The van der Waals surface area contributed by atoms with Crippen LogP contribution in [-0.2, 0) is 9.59 Å². The quantitative estimate of drug-likeness (QED) is 0.503. The van der Waals surface area contributed by atoms with Crippen LogP contribution in [0.15, 0.2) is 22.9 Å². The van der Waals surface area contributed by atoms with Crippen LogP contribution in [-0.4, -0.2) is 65.4 Å². The number of halogens is 1. The summed E-state index contributed by atoms with van der Waals surface area (Å²) >= 11 is 3.50. The number of nitrogens with zero attached hydrogens (tertiary/aromatic N) is 5. The van der Waals surface area contributed by atoms with E-state index in [1.807, 2.05) is 6.92 Å². The van der Waals surface area contributed by atoms with E-state index in [4.69, 9.17) is 14.5 Å². The molecule has 1 aliphatic heterocycles. The van der Waals surface area contributed by atoms with Gasteiger partial charge in [-0.2, -0.15) is 10.1 Å². The normalized spacial score (nSPS) is 21.6. The van der Waals surface area contributed by atoms with Gasteiger partial charge in [0.2, 0.25) is 11.9 Å². The van der Waals surface area contributed by atoms with Gasteiger partial charge in [-0.1, -0.05) is 6.92 Å². The number of carbonyl (C=O) groups is 2. The highest BCUT2D eigenvalue weighted by Gasteiger charge is 2.41. The minimum absolute atomic E-state index is 0.0493. The van der Waals surface area contributed by atoms with Gasteiger partial charge in [0.15, 0.2) is 12.3 Å². The van der Waals surface area contributed by atoms with Crippen molar-refractivity contribution in [2.75, 3.05) is 38.0 Å². The van der Waals surface area contributed by atoms with Crippen molar-refractivity contribution in [3.05, 3.63) is 22.9 Å². The predicted octanol–water partition coefficient (Wildman–Crippen LogP) is 2.66. The van der Waals surface area contributed by atoms with Crippen LogP contribution in [0.1, 0.15) is 26.2 Å². The number of anilines is 2. The van der Waals surface area contributed by atoms with Crippen LogP contribution in [0.25, 0.3) is 16.7 Å². The summed E-state index contributed by atoms with van der Waals surface area (Å²) in [5, 5.41) is 11.5. The van der Waals surface area contributed by atoms with E-state index < -0.39 is 5.41 Å². The minimum atomic E-state index is -0.407. The Labute approximate surface area is 210 Å². The smallest absolute Gasteiger partial charge is 0.264 e. The van der Waals surface area contributed by atoms with Crippen molar-refractivity contribution in [1.29, 1.82) is 0 Å². The molecule has 1 fully saturated rings. The molecular weight excluding hydrogens is 518 g/mol. The van der Waals surface area contributed by atoms with Crippen LogP contribution in [0.2, 0.25) is 0 Å². The number of benzene rings is 1. The first-order chi connectivity index (χ1) is 16.7. The van der Waals surface area contributed by atoms with Gasteiger partial charge in [0.1, 0.15) is 21.8 Å². The van der Waals surface area contributed by atoms with E-state index in [0.717, 1.165) is 18.2 Å². The van der Waals surface area contributed by atoms with Crippen LogP contribution in [0.4, 0.5) is 11.6 Å². The number of ether oxygens (including phenoxy) is 2. The number of nitrogens with one attached hydrogen (secondary N) is 2. The number of methoxy groups -OCH3 is 1. The molecule has 11 nitrogen and oxygen atoms in total. The molecular formula is C23H26BrN7O4. The van der Waals surface area contributed by atoms with Crippen molar-refractivity contribution in [2.45, 2.75) is 32.2 Å². The third kappa shape index (κ3) is 3.95. The molecule has 2 aliphatic rings. The van der Waals surface area contributed by atoms with Gasteiger partial charge >= 0.3 is 0 Å². The molecule has 5 rings (SSSR count). The van der Waals surface area contributed by atoms with E-state index in [1.54, 1.807) is 44.2 Å². The summed E-state index contributed by atoms with van der Waals surface area (Å²) in [5.74, 6) is 1.37. The lowest BCUT2D eigenvalue weighted by Crippen LogP contribution is -2.35. The monoisotopic (exact) mass is 543 g/mol. The van der Waals surface area contributed by atoms with E-state index in [0.29, 0.717) is 45.5 Å². The molecule has 2 N–H and O–H groups in total. The fourth-order valence-electron chi connectivity index (χ4n) is 4.82. The molecule has 35 heavy (non-hydrogen) atoms. The third-order valence-electron chi connectivity index (χ3n) is 6.78. The predicted molar refractivity (Wildman–Crippen MR) is 133 cm³/mol. The first-order valence-electron chi connectivity index (χ1n) is 11.3. The van der Waals surface area contributed by atoms with Gasteiger partial charge in [0.05, 0.1) is 18.2 Å². The van der Waals surface area contributed by atoms with Gasteiger partial charge in [0, 0.05) is 43.9 Å². The average molecular weight is 544 g/mol. The number of aromatic nitrogens is 4. The summed E-state index contributed by atoms with van der Waals surface area (Å²) in [6.45, 7) is 1.94.